The average molecular weight is 492 g/mol. The second kappa shape index (κ2) is 8.76. The van der Waals surface area contributed by atoms with Gasteiger partial charge in [0, 0.05) is 11.8 Å². The van der Waals surface area contributed by atoms with E-state index in [0.717, 1.165) is 36.5 Å². The second-order valence-electron chi connectivity index (χ2n) is 6.72. The molecule has 14 heteroatoms. The summed E-state index contributed by atoms with van der Waals surface area (Å²) in [7, 11) is 1.01. The number of nitrogens with zero attached hydrogens (tertiary/aromatic N) is 3. The maximum absolute atomic E-state index is 14.0. The number of nitrogens with two attached hydrogens (primary N) is 1. The van der Waals surface area contributed by atoms with Gasteiger partial charge >= 0.3 is 12.4 Å². The number of carbonyl (C=O) groups excluding carboxylic acids is 1. The van der Waals surface area contributed by atoms with E-state index in [1.807, 2.05) is 0 Å². The molecule has 180 valence electrons. The third-order valence-electron chi connectivity index (χ3n) is 4.39. The maximum atomic E-state index is 14.0. The molecular weight excluding hydrogens is 480 g/mol. The Kier molecular flexibility index (Phi) is 6.35. The fraction of sp³-hybridized carbons (Fsp3) is 0.150. The van der Waals surface area contributed by atoms with Crippen molar-refractivity contribution in [2.24, 2.45) is 5.73 Å². The molecule has 0 saturated carbocycles. The smallest absolute Gasteiger partial charge is 0.416 e. The summed E-state index contributed by atoms with van der Waals surface area (Å²) in [6, 6.07) is 2.25. The number of primary amides is 1. The molecule has 3 aromatic rings. The van der Waals surface area contributed by atoms with Gasteiger partial charge in [-0.05, 0) is 35.9 Å². The maximum Gasteiger partial charge on any atom is 0.416 e. The number of halogens is 8. The average Bonchev–Trinajstić information content (AvgIpc) is 3.18. The molecule has 0 atom stereocenters. The summed E-state index contributed by atoms with van der Waals surface area (Å²) in [6.45, 7) is 0. The summed E-state index contributed by atoms with van der Waals surface area (Å²) in [5.41, 5.74) is 0.653. The molecular formula is C20H12F8N4O2. The van der Waals surface area contributed by atoms with Gasteiger partial charge in [0.25, 0.3) is 5.91 Å². The fourth-order valence-electron chi connectivity index (χ4n) is 2.88. The van der Waals surface area contributed by atoms with Crippen LogP contribution < -0.4 is 10.5 Å². The molecule has 0 aliphatic rings. The number of alkyl halides is 6. The number of carbonyl (C=O) groups is 1. The number of ether oxygens (including phenoxy) is 1. The van der Waals surface area contributed by atoms with Gasteiger partial charge in [-0.25, -0.2) is 18.4 Å². The molecule has 1 heterocycles. The molecule has 1 aromatic heterocycles. The summed E-state index contributed by atoms with van der Waals surface area (Å²) in [5, 5.41) is 3.73. The van der Waals surface area contributed by atoms with Crippen LogP contribution in [-0.2, 0) is 17.1 Å². The van der Waals surface area contributed by atoms with Gasteiger partial charge < -0.3 is 10.5 Å². The van der Waals surface area contributed by atoms with E-state index in [4.69, 9.17) is 5.73 Å². The van der Waals surface area contributed by atoms with Crippen molar-refractivity contribution in [3.63, 3.8) is 0 Å². The van der Waals surface area contributed by atoms with Gasteiger partial charge in [-0.15, -0.1) is 5.10 Å². The molecule has 0 bridgehead atoms. The van der Waals surface area contributed by atoms with Crippen LogP contribution in [0, 0.1) is 11.6 Å². The zero-order valence-electron chi connectivity index (χ0n) is 16.8. The highest BCUT2D eigenvalue weighted by Crippen LogP contribution is 2.38. The molecule has 0 aliphatic carbocycles. The van der Waals surface area contributed by atoms with E-state index in [0.29, 0.717) is 12.1 Å². The van der Waals surface area contributed by atoms with Gasteiger partial charge in [0.05, 0.1) is 23.8 Å². The molecule has 0 aliphatic heterocycles. The fourth-order valence-corrected chi connectivity index (χ4v) is 2.88. The number of benzene rings is 2. The Bertz CT molecular complexity index is 1220. The van der Waals surface area contributed by atoms with Crippen molar-refractivity contribution in [3.05, 3.63) is 65.0 Å². The normalized spacial score (nSPS) is 12.7. The van der Waals surface area contributed by atoms with E-state index in [1.165, 1.54) is 0 Å². The summed E-state index contributed by atoms with van der Waals surface area (Å²) >= 11 is 0. The van der Waals surface area contributed by atoms with Gasteiger partial charge in [0.15, 0.2) is 23.2 Å². The number of aromatic nitrogens is 3. The van der Waals surface area contributed by atoms with E-state index < -0.39 is 63.7 Å². The molecule has 0 radical (unpaired) electrons. The lowest BCUT2D eigenvalue weighted by molar-refractivity contribution is -0.143. The summed E-state index contributed by atoms with van der Waals surface area (Å²) in [4.78, 5) is 15.5. The van der Waals surface area contributed by atoms with Gasteiger partial charge in [0.2, 0.25) is 0 Å². The molecule has 0 fully saturated rings. The van der Waals surface area contributed by atoms with Crippen LogP contribution in [0.4, 0.5) is 35.1 Å². The van der Waals surface area contributed by atoms with Crippen LogP contribution in [0.15, 0.2) is 36.7 Å². The van der Waals surface area contributed by atoms with E-state index in [9.17, 15) is 39.9 Å². The van der Waals surface area contributed by atoms with Crippen molar-refractivity contribution in [3.8, 4) is 17.1 Å². The predicted molar refractivity (Wildman–Crippen MR) is 102 cm³/mol. The van der Waals surface area contributed by atoms with Crippen molar-refractivity contribution >= 4 is 17.7 Å². The minimum absolute atomic E-state index is 0.0572. The highest BCUT2D eigenvalue weighted by atomic mass is 19.4. The number of methoxy groups -OCH3 is 1. The van der Waals surface area contributed by atoms with E-state index in [1.54, 1.807) is 0 Å². The third-order valence-corrected chi connectivity index (χ3v) is 4.39. The largest absolute Gasteiger partial charge is 0.491 e. The first-order valence-corrected chi connectivity index (χ1v) is 8.96. The van der Waals surface area contributed by atoms with Crippen LogP contribution in [0.25, 0.3) is 23.2 Å². The Morgan fingerprint density at radius 2 is 1.50 bits per heavy atom. The van der Waals surface area contributed by atoms with E-state index in [-0.39, 0.29) is 11.6 Å². The monoisotopic (exact) mass is 492 g/mol. The van der Waals surface area contributed by atoms with Crippen molar-refractivity contribution in [1.29, 1.82) is 0 Å². The van der Waals surface area contributed by atoms with Gasteiger partial charge in [-0.2, -0.15) is 26.3 Å². The van der Waals surface area contributed by atoms with Crippen LogP contribution in [0.5, 0.6) is 5.75 Å². The quantitative estimate of drug-likeness (QED) is 0.412. The summed E-state index contributed by atoms with van der Waals surface area (Å²) in [5.74, 6) is -4.76. The molecule has 0 saturated heterocycles. The predicted octanol–water partition coefficient (Wildman–Crippen LogP) is 4.75. The summed E-state index contributed by atoms with van der Waals surface area (Å²) < 4.78 is 112. The highest BCUT2D eigenvalue weighted by Gasteiger charge is 2.37. The first-order valence-electron chi connectivity index (χ1n) is 8.96. The first kappa shape index (κ1) is 24.7. The lowest BCUT2D eigenvalue weighted by atomic mass is 10.0. The van der Waals surface area contributed by atoms with Crippen molar-refractivity contribution in [2.45, 2.75) is 12.4 Å². The van der Waals surface area contributed by atoms with Crippen molar-refractivity contribution < 1.29 is 44.7 Å². The number of hydrogen-bond donors (Lipinski definition) is 1. The highest BCUT2D eigenvalue weighted by molar-refractivity contribution is 6.22. The third kappa shape index (κ3) is 5.15. The number of hydrogen-bond acceptors (Lipinski definition) is 4. The first-order chi connectivity index (χ1) is 15.7. The lowest BCUT2D eigenvalue weighted by Crippen LogP contribution is -2.14. The van der Waals surface area contributed by atoms with Crippen LogP contribution in [0.1, 0.15) is 16.7 Å². The topological polar surface area (TPSA) is 83.0 Å². The van der Waals surface area contributed by atoms with E-state index in [2.05, 4.69) is 14.8 Å². The van der Waals surface area contributed by atoms with Gasteiger partial charge in [-0.3, -0.25) is 4.79 Å². The molecule has 1 amide bonds. The molecule has 3 rings (SSSR count). The molecule has 2 aromatic carbocycles. The Morgan fingerprint density at radius 3 is 1.94 bits per heavy atom. The zero-order valence-corrected chi connectivity index (χ0v) is 16.8. The number of rotatable bonds is 5. The SMILES string of the molecule is COc1c(F)cc(/C(=C\n2cnc(-c3cc(C(F)(F)F)cc(C(F)(F)F)c3)n2)C(N)=O)cc1F. The lowest BCUT2D eigenvalue weighted by Gasteiger charge is -2.13. The Balaban J connectivity index is 2.09. The Labute approximate surface area is 185 Å². The molecule has 2 N–H and O–H groups in total. The van der Waals surface area contributed by atoms with Gasteiger partial charge in [-0.1, -0.05) is 0 Å². The van der Waals surface area contributed by atoms with Crippen LogP contribution in [-0.4, -0.2) is 27.8 Å². The van der Waals surface area contributed by atoms with Crippen LogP contribution in [0.3, 0.4) is 0 Å². The van der Waals surface area contributed by atoms with Crippen LogP contribution in [0.2, 0.25) is 0 Å². The minimum atomic E-state index is -5.08. The van der Waals surface area contributed by atoms with Gasteiger partial charge in [0.1, 0.15) is 6.33 Å². The Morgan fingerprint density at radius 1 is 0.971 bits per heavy atom. The molecule has 0 spiro atoms. The number of amides is 1. The standard InChI is InChI=1S/C20H12F8N4O2/c1-34-16-14(21)4-9(5-15(16)22)13(17(29)33)7-32-8-30-18(31-32)10-2-11(19(23,24)25)6-12(3-10)20(26,27)28/h2-8H,1H3,(H2,29,33)/b13-7+. The summed E-state index contributed by atoms with van der Waals surface area (Å²) in [6.07, 6.45) is -8.47. The van der Waals surface area contributed by atoms with E-state index >= 15 is 0 Å². The van der Waals surface area contributed by atoms with Crippen molar-refractivity contribution in [1.82, 2.24) is 14.8 Å². The molecule has 0 unspecified atom stereocenters. The Hall–Kier alpha value is -3.97. The molecule has 6 nitrogen and oxygen atoms in total. The van der Waals surface area contributed by atoms with Crippen molar-refractivity contribution in [2.75, 3.05) is 7.11 Å². The second-order valence-corrected chi connectivity index (χ2v) is 6.72. The van der Waals surface area contributed by atoms with Crippen LogP contribution >= 0.6 is 0 Å². The molecule has 34 heavy (non-hydrogen) atoms. The zero-order chi connectivity index (χ0) is 25.4. The minimum Gasteiger partial charge on any atom is -0.491 e.